The highest BCUT2D eigenvalue weighted by Crippen LogP contribution is 2.40. The minimum Gasteiger partial charge on any atom is -0.319 e. The van der Waals surface area contributed by atoms with Gasteiger partial charge in [-0.25, -0.2) is 4.98 Å². The van der Waals surface area contributed by atoms with Crippen LogP contribution in [0.25, 0.3) is 0 Å². The molecule has 1 fully saturated rings. The molecule has 1 unspecified atom stereocenters. The van der Waals surface area contributed by atoms with E-state index in [0.717, 1.165) is 24.3 Å². The van der Waals surface area contributed by atoms with Gasteiger partial charge in [-0.3, -0.25) is 0 Å². The fourth-order valence-corrected chi connectivity index (χ4v) is 2.84. The Hall–Kier alpha value is -0.410. The van der Waals surface area contributed by atoms with Crippen LogP contribution in [0.5, 0.6) is 0 Å². The van der Waals surface area contributed by atoms with Crippen LogP contribution in [0.3, 0.4) is 0 Å². The molecular formula is C11H18N2S. The van der Waals surface area contributed by atoms with Gasteiger partial charge in [-0.15, -0.1) is 11.3 Å². The van der Waals surface area contributed by atoms with Crippen molar-refractivity contribution in [2.24, 2.45) is 5.73 Å². The zero-order chi connectivity index (χ0) is 10.2. The fourth-order valence-electron chi connectivity index (χ4n) is 1.72. The Balaban J connectivity index is 2.17. The molecule has 0 saturated heterocycles. The van der Waals surface area contributed by atoms with Crippen LogP contribution < -0.4 is 5.73 Å². The van der Waals surface area contributed by atoms with Crippen LogP contribution in [0.4, 0.5) is 0 Å². The molecule has 14 heavy (non-hydrogen) atoms. The van der Waals surface area contributed by atoms with Crippen LogP contribution in [-0.4, -0.2) is 4.98 Å². The summed E-state index contributed by atoms with van der Waals surface area (Å²) >= 11 is 1.74. The monoisotopic (exact) mass is 210 g/mol. The molecule has 1 atom stereocenters. The fraction of sp³-hybridized carbons (Fsp3) is 0.727. The predicted octanol–water partition coefficient (Wildman–Crippen LogP) is 2.99. The van der Waals surface area contributed by atoms with Gasteiger partial charge in [0.1, 0.15) is 5.01 Å². The van der Waals surface area contributed by atoms with Crippen molar-refractivity contribution in [3.05, 3.63) is 16.1 Å². The third-order valence-corrected chi connectivity index (χ3v) is 4.39. The first-order valence-corrected chi connectivity index (χ1v) is 6.28. The minimum absolute atomic E-state index is 0.0730. The average molecular weight is 210 g/mol. The molecule has 0 spiro atoms. The molecule has 2 N–H and O–H groups in total. The van der Waals surface area contributed by atoms with Crippen LogP contribution in [-0.2, 0) is 5.54 Å². The molecule has 2 rings (SSSR count). The first-order valence-electron chi connectivity index (χ1n) is 5.40. The molecule has 0 aliphatic heterocycles. The summed E-state index contributed by atoms with van der Waals surface area (Å²) in [4.78, 5) is 4.67. The number of nitrogens with zero attached hydrogens (tertiary/aromatic N) is 1. The van der Waals surface area contributed by atoms with Crippen molar-refractivity contribution in [3.8, 4) is 0 Å². The average Bonchev–Trinajstić information content (AvgIpc) is 2.62. The summed E-state index contributed by atoms with van der Waals surface area (Å²) in [6, 6.07) is 0. The quantitative estimate of drug-likeness (QED) is 0.833. The lowest BCUT2D eigenvalue weighted by Crippen LogP contribution is -2.43. The van der Waals surface area contributed by atoms with Crippen molar-refractivity contribution < 1.29 is 0 Å². The largest absolute Gasteiger partial charge is 0.319 e. The predicted molar refractivity (Wildman–Crippen MR) is 60.5 cm³/mol. The minimum atomic E-state index is -0.0730. The van der Waals surface area contributed by atoms with E-state index in [-0.39, 0.29) is 5.54 Å². The molecule has 2 nitrogen and oxygen atoms in total. The standard InChI is InChI=1S/C11H18N2S/c1-3-8(2)9-7-14-10(13-9)11(12)5-4-6-11/h7-8H,3-6,12H2,1-2H3. The summed E-state index contributed by atoms with van der Waals surface area (Å²) in [5.41, 5.74) is 7.38. The highest BCUT2D eigenvalue weighted by Gasteiger charge is 2.37. The summed E-state index contributed by atoms with van der Waals surface area (Å²) < 4.78 is 0. The van der Waals surface area contributed by atoms with Crippen LogP contribution in [0.15, 0.2) is 5.38 Å². The molecule has 0 aromatic carbocycles. The molecule has 0 amide bonds. The number of hydrogen-bond acceptors (Lipinski definition) is 3. The van der Waals surface area contributed by atoms with Gasteiger partial charge in [0.15, 0.2) is 0 Å². The number of aromatic nitrogens is 1. The summed E-state index contributed by atoms with van der Waals surface area (Å²) in [6.45, 7) is 4.42. The normalized spacial score (nSPS) is 21.6. The Kier molecular flexibility index (Phi) is 2.62. The highest BCUT2D eigenvalue weighted by atomic mass is 32.1. The van der Waals surface area contributed by atoms with Crippen LogP contribution >= 0.6 is 11.3 Å². The second-order valence-corrected chi connectivity index (χ2v) is 5.25. The molecule has 1 heterocycles. The summed E-state index contributed by atoms with van der Waals surface area (Å²) in [6.07, 6.45) is 4.64. The maximum atomic E-state index is 6.23. The lowest BCUT2D eigenvalue weighted by molar-refractivity contribution is 0.252. The Morgan fingerprint density at radius 2 is 2.36 bits per heavy atom. The van der Waals surface area contributed by atoms with Crippen molar-refractivity contribution in [2.75, 3.05) is 0 Å². The lowest BCUT2D eigenvalue weighted by Gasteiger charge is -2.35. The Bertz CT molecular complexity index is 315. The van der Waals surface area contributed by atoms with Crippen molar-refractivity contribution >= 4 is 11.3 Å². The van der Waals surface area contributed by atoms with E-state index in [2.05, 4.69) is 24.2 Å². The third kappa shape index (κ3) is 1.59. The van der Waals surface area contributed by atoms with Crippen LogP contribution in [0.2, 0.25) is 0 Å². The number of rotatable bonds is 3. The molecular weight excluding hydrogens is 192 g/mol. The molecule has 1 aliphatic rings. The van der Waals surface area contributed by atoms with Gasteiger partial charge in [0.2, 0.25) is 0 Å². The zero-order valence-corrected chi connectivity index (χ0v) is 9.73. The van der Waals surface area contributed by atoms with Crippen molar-refractivity contribution in [2.45, 2.75) is 51.0 Å². The summed E-state index contributed by atoms with van der Waals surface area (Å²) in [5.74, 6) is 0.573. The number of nitrogens with two attached hydrogens (primary N) is 1. The van der Waals surface area contributed by atoms with Crippen molar-refractivity contribution in [1.82, 2.24) is 4.98 Å². The SMILES string of the molecule is CCC(C)c1csc(C2(N)CCC2)n1. The van der Waals surface area contributed by atoms with Gasteiger partial charge in [0.05, 0.1) is 11.2 Å². The van der Waals surface area contributed by atoms with E-state index in [0.29, 0.717) is 5.92 Å². The maximum absolute atomic E-state index is 6.23. The van der Waals surface area contributed by atoms with E-state index >= 15 is 0 Å². The third-order valence-electron chi connectivity index (χ3n) is 3.31. The van der Waals surface area contributed by atoms with Gasteiger partial charge >= 0.3 is 0 Å². The van der Waals surface area contributed by atoms with Crippen LogP contribution in [0, 0.1) is 0 Å². The van der Waals surface area contributed by atoms with Gasteiger partial charge in [-0.1, -0.05) is 13.8 Å². The highest BCUT2D eigenvalue weighted by molar-refractivity contribution is 7.09. The van der Waals surface area contributed by atoms with E-state index in [9.17, 15) is 0 Å². The number of thiazole rings is 1. The second-order valence-electron chi connectivity index (χ2n) is 4.40. The van der Waals surface area contributed by atoms with E-state index in [1.807, 2.05) is 0 Å². The van der Waals surface area contributed by atoms with Crippen LogP contribution in [0.1, 0.15) is 56.2 Å². The molecule has 78 valence electrons. The van der Waals surface area contributed by atoms with E-state index in [1.54, 1.807) is 11.3 Å². The Labute approximate surface area is 89.5 Å². The molecule has 1 aliphatic carbocycles. The van der Waals surface area contributed by atoms with Gasteiger partial charge < -0.3 is 5.73 Å². The molecule has 1 aromatic heterocycles. The molecule has 1 aromatic rings. The topological polar surface area (TPSA) is 38.9 Å². The first kappa shape index (κ1) is 10.1. The van der Waals surface area contributed by atoms with Crippen molar-refractivity contribution in [3.63, 3.8) is 0 Å². The Morgan fingerprint density at radius 1 is 1.64 bits per heavy atom. The molecule has 0 bridgehead atoms. The van der Waals surface area contributed by atoms with E-state index in [1.165, 1.54) is 12.1 Å². The summed E-state index contributed by atoms with van der Waals surface area (Å²) in [5, 5.41) is 3.33. The zero-order valence-electron chi connectivity index (χ0n) is 8.92. The molecule has 3 heteroatoms. The van der Waals surface area contributed by atoms with E-state index < -0.39 is 0 Å². The van der Waals surface area contributed by atoms with Gasteiger partial charge in [0, 0.05) is 5.38 Å². The molecule has 0 radical (unpaired) electrons. The van der Waals surface area contributed by atoms with Gasteiger partial charge in [0.25, 0.3) is 0 Å². The first-order chi connectivity index (χ1) is 6.65. The number of hydrogen-bond donors (Lipinski definition) is 1. The smallest absolute Gasteiger partial charge is 0.113 e. The Morgan fingerprint density at radius 3 is 2.86 bits per heavy atom. The maximum Gasteiger partial charge on any atom is 0.113 e. The summed E-state index contributed by atoms with van der Waals surface area (Å²) in [7, 11) is 0. The van der Waals surface area contributed by atoms with Gasteiger partial charge in [-0.2, -0.15) is 0 Å². The van der Waals surface area contributed by atoms with Gasteiger partial charge in [-0.05, 0) is 31.6 Å². The lowest BCUT2D eigenvalue weighted by atomic mass is 9.78. The molecule has 1 saturated carbocycles. The van der Waals surface area contributed by atoms with E-state index in [4.69, 9.17) is 5.73 Å². The van der Waals surface area contributed by atoms with Crippen molar-refractivity contribution in [1.29, 1.82) is 0 Å². The second kappa shape index (κ2) is 3.63.